The van der Waals surface area contributed by atoms with E-state index >= 15 is 0 Å². The Bertz CT molecular complexity index is 768. The smallest absolute Gasteiger partial charge is 0.308 e. The zero-order chi connectivity index (χ0) is 16.6. The highest BCUT2D eigenvalue weighted by Crippen LogP contribution is 2.76. The molecule has 5 heteroatoms. The zero-order valence-corrected chi connectivity index (χ0v) is 14.3. The molecule has 0 saturated heterocycles. The van der Waals surface area contributed by atoms with E-state index in [1.807, 2.05) is 37.3 Å². The molecule has 0 heterocycles. The van der Waals surface area contributed by atoms with Crippen molar-refractivity contribution < 1.29 is 14.7 Å². The molecule has 1 aromatic carbocycles. The third kappa shape index (κ3) is 1.61. The Morgan fingerprint density at radius 1 is 1.30 bits per heavy atom. The summed E-state index contributed by atoms with van der Waals surface area (Å²) in [6.07, 6.45) is 6.00. The van der Waals surface area contributed by atoms with Crippen LogP contribution in [0.1, 0.15) is 24.0 Å². The number of carboxylic acid groups (broad SMARTS) is 1. The lowest BCUT2D eigenvalue weighted by molar-refractivity contribution is -0.148. The number of hydrogen-bond donors (Lipinski definition) is 2. The highest BCUT2D eigenvalue weighted by molar-refractivity contribution is 9.10. The van der Waals surface area contributed by atoms with Crippen LogP contribution in [-0.2, 0) is 15.0 Å². The summed E-state index contributed by atoms with van der Waals surface area (Å²) in [6.45, 7) is 1.92. The zero-order valence-electron chi connectivity index (χ0n) is 12.8. The molecule has 3 aliphatic carbocycles. The monoisotopic (exact) mass is 375 g/mol. The molecule has 4 atom stereocenters. The summed E-state index contributed by atoms with van der Waals surface area (Å²) in [4.78, 5) is 24.8. The van der Waals surface area contributed by atoms with Gasteiger partial charge in [-0.3, -0.25) is 9.59 Å². The second kappa shape index (κ2) is 4.47. The summed E-state index contributed by atoms with van der Waals surface area (Å²) in [5, 5.41) is 9.94. The van der Waals surface area contributed by atoms with Crippen molar-refractivity contribution in [3.05, 3.63) is 46.0 Å². The molecule has 2 fully saturated rings. The molecule has 2 saturated carbocycles. The van der Waals surface area contributed by atoms with Crippen molar-refractivity contribution in [3.8, 4) is 0 Å². The Balaban J connectivity index is 2.02. The van der Waals surface area contributed by atoms with Gasteiger partial charge in [0, 0.05) is 10.4 Å². The molecule has 4 nitrogen and oxygen atoms in total. The van der Waals surface area contributed by atoms with Crippen LogP contribution >= 0.6 is 15.9 Å². The lowest BCUT2D eigenvalue weighted by atomic mass is 9.62. The van der Waals surface area contributed by atoms with Crippen LogP contribution in [0.4, 0.5) is 0 Å². The molecule has 0 aliphatic heterocycles. The van der Waals surface area contributed by atoms with Crippen molar-refractivity contribution in [2.75, 3.05) is 0 Å². The first-order valence-corrected chi connectivity index (χ1v) is 8.62. The van der Waals surface area contributed by atoms with Gasteiger partial charge in [-0.05, 0) is 54.4 Å². The lowest BCUT2D eigenvalue weighted by Crippen LogP contribution is -2.53. The van der Waals surface area contributed by atoms with Crippen LogP contribution < -0.4 is 5.73 Å². The van der Waals surface area contributed by atoms with Gasteiger partial charge in [-0.1, -0.05) is 34.1 Å². The van der Waals surface area contributed by atoms with E-state index in [4.69, 9.17) is 5.73 Å². The van der Waals surface area contributed by atoms with E-state index in [1.54, 1.807) is 0 Å². The van der Waals surface area contributed by atoms with Crippen molar-refractivity contribution >= 4 is 27.8 Å². The Morgan fingerprint density at radius 3 is 2.52 bits per heavy atom. The molecule has 1 aromatic rings. The molecule has 0 radical (unpaired) electrons. The predicted molar refractivity (Wildman–Crippen MR) is 88.7 cm³/mol. The van der Waals surface area contributed by atoms with Gasteiger partial charge in [-0.25, -0.2) is 0 Å². The number of allylic oxidation sites excluding steroid dienone is 2. The van der Waals surface area contributed by atoms with E-state index in [0.717, 1.165) is 28.4 Å². The summed E-state index contributed by atoms with van der Waals surface area (Å²) >= 11 is 3.43. The molecule has 120 valence electrons. The van der Waals surface area contributed by atoms with Crippen LogP contribution in [0.25, 0.3) is 0 Å². The number of nitrogens with two attached hydrogens (primary N) is 1. The Morgan fingerprint density at radius 2 is 2.00 bits per heavy atom. The van der Waals surface area contributed by atoms with Gasteiger partial charge < -0.3 is 10.8 Å². The largest absolute Gasteiger partial charge is 0.481 e. The van der Waals surface area contributed by atoms with E-state index < -0.39 is 23.2 Å². The second-order valence-electron chi connectivity index (χ2n) is 7.13. The quantitative estimate of drug-likeness (QED) is 0.797. The van der Waals surface area contributed by atoms with Gasteiger partial charge in [0.2, 0.25) is 5.91 Å². The molecule has 3 aliphatic rings. The van der Waals surface area contributed by atoms with Crippen LogP contribution in [0.15, 0.2) is 34.8 Å². The van der Waals surface area contributed by atoms with Crippen LogP contribution in [-0.4, -0.2) is 17.0 Å². The van der Waals surface area contributed by atoms with Crippen LogP contribution in [0.2, 0.25) is 0 Å². The Kier molecular flexibility index (Phi) is 2.90. The summed E-state index contributed by atoms with van der Waals surface area (Å²) in [5.41, 5.74) is 6.34. The fourth-order valence-corrected chi connectivity index (χ4v) is 5.82. The maximum absolute atomic E-state index is 12.7. The van der Waals surface area contributed by atoms with Crippen LogP contribution in [0.3, 0.4) is 0 Å². The maximum Gasteiger partial charge on any atom is 0.308 e. The number of aryl methyl sites for hydroxylation is 1. The molecule has 23 heavy (non-hydrogen) atoms. The van der Waals surface area contributed by atoms with Gasteiger partial charge in [0.25, 0.3) is 0 Å². The molecular weight excluding hydrogens is 358 g/mol. The van der Waals surface area contributed by atoms with Crippen molar-refractivity contribution in [2.24, 2.45) is 28.9 Å². The number of rotatable bonds is 3. The number of amides is 1. The van der Waals surface area contributed by atoms with Crippen molar-refractivity contribution in [3.63, 3.8) is 0 Å². The number of benzene rings is 1. The van der Waals surface area contributed by atoms with Crippen molar-refractivity contribution in [2.45, 2.75) is 25.2 Å². The van der Waals surface area contributed by atoms with Crippen LogP contribution in [0.5, 0.6) is 0 Å². The number of carbonyl (C=O) groups is 2. The number of aliphatic carboxylic acids is 1. The van der Waals surface area contributed by atoms with E-state index in [0.29, 0.717) is 0 Å². The minimum atomic E-state index is -1.15. The topological polar surface area (TPSA) is 80.4 Å². The maximum atomic E-state index is 12.7. The Labute approximate surface area is 142 Å². The number of carboxylic acids is 1. The average Bonchev–Trinajstić information content (AvgIpc) is 3.13. The predicted octanol–water partition coefficient (Wildman–Crippen LogP) is 2.78. The highest BCUT2D eigenvalue weighted by Gasteiger charge is 2.77. The third-order valence-corrected chi connectivity index (χ3v) is 6.76. The molecule has 1 spiro atoms. The van der Waals surface area contributed by atoms with Gasteiger partial charge in [-0.2, -0.15) is 0 Å². The minimum Gasteiger partial charge on any atom is -0.481 e. The third-order valence-electron chi connectivity index (χ3n) is 6.27. The summed E-state index contributed by atoms with van der Waals surface area (Å²) in [7, 11) is 0. The number of primary amides is 1. The lowest BCUT2D eigenvalue weighted by Gasteiger charge is -2.38. The molecule has 0 aromatic heterocycles. The number of halogens is 1. The number of hydrogen-bond acceptors (Lipinski definition) is 2. The fraction of sp³-hybridized carbons (Fsp3) is 0.444. The minimum absolute atomic E-state index is 0.0718. The average molecular weight is 376 g/mol. The fourth-order valence-electron chi connectivity index (χ4n) is 5.35. The molecule has 0 unspecified atom stereocenters. The first kappa shape index (κ1) is 14.9. The summed E-state index contributed by atoms with van der Waals surface area (Å²) in [5.74, 6) is -2.43. The van der Waals surface area contributed by atoms with Gasteiger partial charge in [-0.15, -0.1) is 0 Å². The molecule has 1 amide bonds. The molecule has 3 N–H and O–H groups in total. The van der Waals surface area contributed by atoms with E-state index in [2.05, 4.69) is 15.9 Å². The standard InChI is InChI=1S/C18H18BrNO3/c1-9-8-10(19)2-3-11(9)18(16(20)23)13-5-4-12(14(18)15(21)22)17(13)6-7-17/h2-5,8,12-14H,6-7H2,1H3,(H2,20,23)(H,21,22)/t12-,13+,14+,18-/m1/s1. The van der Waals surface area contributed by atoms with Gasteiger partial charge >= 0.3 is 5.97 Å². The number of carbonyl (C=O) groups excluding carboxylic acids is 1. The highest BCUT2D eigenvalue weighted by atomic mass is 79.9. The van der Waals surface area contributed by atoms with E-state index in [1.165, 1.54) is 0 Å². The first-order valence-electron chi connectivity index (χ1n) is 7.83. The SMILES string of the molecule is Cc1cc(Br)ccc1[C@]1(C(N)=O)[C@H](C(=O)O)[C@H]2C=C[C@H]1C21CC1. The van der Waals surface area contributed by atoms with Gasteiger partial charge in [0.15, 0.2) is 0 Å². The Hall–Kier alpha value is -1.62. The molecule has 4 rings (SSSR count). The molecular formula is C18H18BrNO3. The first-order chi connectivity index (χ1) is 10.9. The molecule has 2 bridgehead atoms. The van der Waals surface area contributed by atoms with E-state index in [-0.39, 0.29) is 17.3 Å². The van der Waals surface area contributed by atoms with E-state index in [9.17, 15) is 14.7 Å². The van der Waals surface area contributed by atoms with Gasteiger partial charge in [0.1, 0.15) is 0 Å². The van der Waals surface area contributed by atoms with Gasteiger partial charge in [0.05, 0.1) is 11.3 Å². The van der Waals surface area contributed by atoms with Crippen molar-refractivity contribution in [1.29, 1.82) is 0 Å². The second-order valence-corrected chi connectivity index (χ2v) is 8.05. The van der Waals surface area contributed by atoms with Crippen molar-refractivity contribution in [1.82, 2.24) is 0 Å². The normalized spacial score (nSPS) is 35.7. The van der Waals surface area contributed by atoms with Crippen LogP contribution in [0, 0.1) is 30.1 Å². The summed E-state index contributed by atoms with van der Waals surface area (Å²) < 4.78 is 0.907. The summed E-state index contributed by atoms with van der Waals surface area (Å²) in [6, 6.07) is 5.65.